The summed E-state index contributed by atoms with van der Waals surface area (Å²) in [4.78, 5) is 0. The largest absolute Gasteiger partial charge is 1.00 e. The summed E-state index contributed by atoms with van der Waals surface area (Å²) in [6, 6.07) is 0. The van der Waals surface area contributed by atoms with Gasteiger partial charge in [0.2, 0.25) is 0 Å². The van der Waals surface area contributed by atoms with Crippen molar-refractivity contribution in [2.75, 3.05) is 0 Å². The predicted molar refractivity (Wildman–Crippen MR) is 50.9 cm³/mol. The Morgan fingerprint density at radius 2 is 0.846 bits per heavy atom. The molecular formula is C6Cl5CuO. The summed E-state index contributed by atoms with van der Waals surface area (Å²) in [5.41, 5.74) is 0. The summed E-state index contributed by atoms with van der Waals surface area (Å²) >= 11 is 27.7. The standard InChI is InChI=1S/C6HCl5O.Cu/c7-1-2(8)4(10)6(12)5(11)3(1)9;/h12H;/q;+1/p-1. The maximum atomic E-state index is 11.1. The van der Waals surface area contributed by atoms with E-state index in [1.165, 1.54) is 0 Å². The third-order valence-corrected chi connectivity index (χ3v) is 3.41. The summed E-state index contributed by atoms with van der Waals surface area (Å²) in [5, 5.41) is 10.5. The van der Waals surface area contributed by atoms with Crippen molar-refractivity contribution in [1.82, 2.24) is 0 Å². The second-order valence-electron chi connectivity index (χ2n) is 1.90. The molecule has 7 heteroatoms. The third kappa shape index (κ3) is 2.51. The van der Waals surface area contributed by atoms with Gasteiger partial charge in [-0.15, -0.1) is 0 Å². The fourth-order valence-electron chi connectivity index (χ4n) is 0.585. The number of hydrogen-bond donors (Lipinski definition) is 0. The van der Waals surface area contributed by atoms with E-state index in [-0.39, 0.29) is 42.2 Å². The SMILES string of the molecule is [Cu+].[O-]c1c(Cl)c(Cl)c(Cl)c(Cl)c1Cl. The molecule has 0 aliphatic rings. The van der Waals surface area contributed by atoms with Crippen LogP contribution in [0, 0.1) is 0 Å². The summed E-state index contributed by atoms with van der Waals surface area (Å²) in [6.45, 7) is 0. The quantitative estimate of drug-likeness (QED) is 0.400. The second kappa shape index (κ2) is 5.18. The van der Waals surface area contributed by atoms with E-state index >= 15 is 0 Å². The van der Waals surface area contributed by atoms with Gasteiger partial charge < -0.3 is 5.11 Å². The fraction of sp³-hybridized carbons (Fsp3) is 0. The van der Waals surface area contributed by atoms with Crippen LogP contribution in [-0.4, -0.2) is 0 Å². The minimum atomic E-state index is -0.613. The third-order valence-electron chi connectivity index (χ3n) is 1.17. The van der Waals surface area contributed by atoms with Gasteiger partial charge >= 0.3 is 17.1 Å². The average Bonchev–Trinajstić information content (AvgIpc) is 2.08. The summed E-state index contributed by atoms with van der Waals surface area (Å²) in [5.74, 6) is -0.613. The Hall–Kier alpha value is 0.989. The number of hydrogen-bond acceptors (Lipinski definition) is 1. The van der Waals surface area contributed by atoms with Crippen LogP contribution in [0.1, 0.15) is 0 Å². The van der Waals surface area contributed by atoms with E-state index in [9.17, 15) is 5.11 Å². The molecule has 0 bridgehead atoms. The van der Waals surface area contributed by atoms with Gasteiger partial charge in [0.05, 0.1) is 25.1 Å². The first-order chi connectivity index (χ1) is 5.46. The van der Waals surface area contributed by atoms with E-state index in [0.717, 1.165) is 0 Å². The van der Waals surface area contributed by atoms with E-state index in [2.05, 4.69) is 0 Å². The first kappa shape index (κ1) is 14.0. The molecule has 1 aromatic carbocycles. The van der Waals surface area contributed by atoms with Crippen molar-refractivity contribution in [3.63, 3.8) is 0 Å². The molecule has 0 N–H and O–H groups in total. The van der Waals surface area contributed by atoms with Gasteiger partial charge in [-0.2, -0.15) is 0 Å². The van der Waals surface area contributed by atoms with Crippen LogP contribution in [0.3, 0.4) is 0 Å². The van der Waals surface area contributed by atoms with Gasteiger partial charge in [-0.1, -0.05) is 63.8 Å². The van der Waals surface area contributed by atoms with Crippen molar-refractivity contribution >= 4 is 58.0 Å². The van der Waals surface area contributed by atoms with Gasteiger partial charge in [-0.3, -0.25) is 0 Å². The molecule has 1 aromatic rings. The van der Waals surface area contributed by atoms with Gasteiger partial charge in [0.1, 0.15) is 0 Å². The molecule has 0 unspecified atom stereocenters. The molecule has 1 rings (SSSR count). The normalized spacial score (nSPS) is 9.62. The Morgan fingerprint density at radius 3 is 1.15 bits per heavy atom. The van der Waals surface area contributed by atoms with E-state index in [0.29, 0.717) is 0 Å². The molecule has 0 aromatic heterocycles. The molecule has 0 fully saturated rings. The Bertz CT molecular complexity index is 235. The van der Waals surface area contributed by atoms with Crippen LogP contribution < -0.4 is 5.11 Å². The summed E-state index contributed by atoms with van der Waals surface area (Å²) in [6.07, 6.45) is 0. The van der Waals surface area contributed by atoms with E-state index in [1.807, 2.05) is 0 Å². The van der Waals surface area contributed by atoms with Crippen LogP contribution in [0.2, 0.25) is 25.1 Å². The first-order valence-corrected chi connectivity index (χ1v) is 4.54. The van der Waals surface area contributed by atoms with Gasteiger partial charge in [0.25, 0.3) is 0 Å². The Balaban J connectivity index is 0.00000144. The second-order valence-corrected chi connectivity index (χ2v) is 3.79. The average molecular weight is 329 g/mol. The van der Waals surface area contributed by atoms with Gasteiger partial charge in [0, 0.05) is 0 Å². The molecule has 0 heterocycles. The van der Waals surface area contributed by atoms with Gasteiger partial charge in [-0.25, -0.2) is 0 Å². The zero-order chi connectivity index (χ0) is 9.46. The molecule has 0 aliphatic carbocycles. The van der Waals surface area contributed by atoms with Crippen molar-refractivity contribution in [1.29, 1.82) is 0 Å². The van der Waals surface area contributed by atoms with Gasteiger partial charge in [-0.05, 0) is 0 Å². The molecule has 0 atom stereocenters. The zero-order valence-electron chi connectivity index (χ0n) is 5.60. The predicted octanol–water partition coefficient (Wildman–Crippen LogP) is 4.02. The molecule has 0 saturated carbocycles. The van der Waals surface area contributed by atoms with Crippen LogP contribution in [0.15, 0.2) is 0 Å². The molecule has 76 valence electrons. The van der Waals surface area contributed by atoms with Crippen LogP contribution in [-0.2, 0) is 17.1 Å². The first-order valence-electron chi connectivity index (χ1n) is 2.65. The number of rotatable bonds is 0. The fourth-order valence-corrected chi connectivity index (χ4v) is 1.71. The minimum Gasteiger partial charge on any atom is -0.870 e. The van der Waals surface area contributed by atoms with Crippen LogP contribution in [0.4, 0.5) is 0 Å². The van der Waals surface area contributed by atoms with Crippen LogP contribution in [0.25, 0.3) is 0 Å². The van der Waals surface area contributed by atoms with Crippen molar-refractivity contribution < 1.29 is 22.2 Å². The van der Waals surface area contributed by atoms with E-state index < -0.39 is 5.75 Å². The topological polar surface area (TPSA) is 23.1 Å². The van der Waals surface area contributed by atoms with Crippen molar-refractivity contribution in [2.24, 2.45) is 0 Å². The maximum Gasteiger partial charge on any atom is 1.00 e. The van der Waals surface area contributed by atoms with Crippen LogP contribution in [0.5, 0.6) is 5.75 Å². The molecule has 0 spiro atoms. The molecule has 1 nitrogen and oxygen atoms in total. The molecule has 0 radical (unpaired) electrons. The van der Waals surface area contributed by atoms with Crippen molar-refractivity contribution in [3.05, 3.63) is 25.1 Å². The summed E-state index contributed by atoms with van der Waals surface area (Å²) in [7, 11) is 0. The van der Waals surface area contributed by atoms with E-state index in [4.69, 9.17) is 58.0 Å². The number of halogens is 5. The maximum absolute atomic E-state index is 11.1. The van der Waals surface area contributed by atoms with Crippen molar-refractivity contribution in [2.45, 2.75) is 0 Å². The molecule has 0 amide bonds. The monoisotopic (exact) mass is 326 g/mol. The van der Waals surface area contributed by atoms with Crippen molar-refractivity contribution in [3.8, 4) is 5.75 Å². The zero-order valence-corrected chi connectivity index (χ0v) is 10.3. The Morgan fingerprint density at radius 1 is 0.615 bits per heavy atom. The molecule has 0 aliphatic heterocycles. The molecular weight excluding hydrogens is 329 g/mol. The Kier molecular flexibility index (Phi) is 5.57. The van der Waals surface area contributed by atoms with E-state index in [1.54, 1.807) is 0 Å². The van der Waals surface area contributed by atoms with Gasteiger partial charge in [0.15, 0.2) is 0 Å². The van der Waals surface area contributed by atoms with Crippen LogP contribution >= 0.6 is 58.0 Å². The summed E-state index contributed by atoms with van der Waals surface area (Å²) < 4.78 is 0. The molecule has 0 saturated heterocycles. The molecule has 13 heavy (non-hydrogen) atoms. The Labute approximate surface area is 110 Å². The number of benzene rings is 1. The smallest absolute Gasteiger partial charge is 0.870 e. The minimum absolute atomic E-state index is 0.